The van der Waals surface area contributed by atoms with Gasteiger partial charge in [-0.25, -0.2) is 4.79 Å². The zero-order valence-corrected chi connectivity index (χ0v) is 14.2. The maximum atomic E-state index is 12.3. The first-order valence-electron chi connectivity index (χ1n) is 6.99. The third-order valence-corrected chi connectivity index (χ3v) is 5.09. The lowest BCUT2D eigenvalue weighted by Gasteiger charge is -2.16. The predicted octanol–water partition coefficient (Wildman–Crippen LogP) is 3.40. The van der Waals surface area contributed by atoms with E-state index in [0.29, 0.717) is 0 Å². The monoisotopic (exact) mass is 353 g/mol. The van der Waals surface area contributed by atoms with Crippen LogP contribution in [0, 0.1) is 0 Å². The van der Waals surface area contributed by atoms with E-state index >= 15 is 0 Å². The molecule has 0 bridgehead atoms. The Labute approximate surface area is 139 Å². The van der Waals surface area contributed by atoms with E-state index in [1.807, 2.05) is 30.3 Å². The second kappa shape index (κ2) is 8.27. The van der Waals surface area contributed by atoms with Crippen molar-refractivity contribution in [3.05, 3.63) is 66.2 Å². The molecular formula is C16H17ClNO4P. The normalized spacial score (nSPS) is 14.7. The molecule has 0 aliphatic carbocycles. The van der Waals surface area contributed by atoms with Gasteiger partial charge in [-0.3, -0.25) is 9.40 Å². The fourth-order valence-corrected chi connectivity index (χ4v) is 3.29. The van der Waals surface area contributed by atoms with Crippen LogP contribution in [0.25, 0.3) is 0 Å². The average molecular weight is 354 g/mol. The van der Waals surface area contributed by atoms with E-state index in [1.165, 1.54) is 6.92 Å². The second-order valence-corrected chi connectivity index (χ2v) is 7.83. The Bertz CT molecular complexity index is 681. The van der Waals surface area contributed by atoms with Crippen molar-refractivity contribution in [3.63, 3.8) is 0 Å². The van der Waals surface area contributed by atoms with Gasteiger partial charge in [0.2, 0.25) is 0 Å². The lowest BCUT2D eigenvalue weighted by molar-refractivity contribution is -0.140. The number of carbonyl (C=O) groups is 1. The fourth-order valence-electron chi connectivity index (χ4n) is 1.73. The van der Waals surface area contributed by atoms with Crippen molar-refractivity contribution < 1.29 is 18.7 Å². The molecule has 2 atom stereocenters. The zero-order valence-electron chi connectivity index (χ0n) is 12.5. The van der Waals surface area contributed by atoms with E-state index in [2.05, 4.69) is 5.48 Å². The standard InChI is InChI=1S/C16H17ClNO4P/c1-13(18-21-12-14-8-4-2-5-9-14)16(19)22-23(17,20)15-10-6-3-7-11-15/h2-11,13,18H,12H2,1H3/t13-,23?/m0/s1. The Morgan fingerprint density at radius 1 is 1.13 bits per heavy atom. The molecular weight excluding hydrogens is 337 g/mol. The fraction of sp³-hybridized carbons (Fsp3) is 0.188. The maximum absolute atomic E-state index is 12.3. The lowest BCUT2D eigenvalue weighted by Crippen LogP contribution is -2.35. The van der Waals surface area contributed by atoms with Gasteiger partial charge in [-0.05, 0) is 35.9 Å². The summed E-state index contributed by atoms with van der Waals surface area (Å²) in [6.45, 7) is -1.89. The van der Waals surface area contributed by atoms with Crippen LogP contribution in [0.3, 0.4) is 0 Å². The first-order valence-corrected chi connectivity index (χ1v) is 9.52. The molecule has 0 saturated carbocycles. The highest BCUT2D eigenvalue weighted by molar-refractivity contribution is 7.91. The van der Waals surface area contributed by atoms with Gasteiger partial charge in [0, 0.05) is 0 Å². The molecule has 122 valence electrons. The SMILES string of the molecule is C[C@H](NOCc1ccccc1)C(=O)OP(=O)(Cl)c1ccccc1. The third-order valence-electron chi connectivity index (χ3n) is 2.97. The van der Waals surface area contributed by atoms with Crippen LogP contribution in [0.1, 0.15) is 12.5 Å². The highest BCUT2D eigenvalue weighted by Crippen LogP contribution is 2.51. The largest absolute Gasteiger partial charge is 0.396 e. The minimum Gasteiger partial charge on any atom is -0.396 e. The average Bonchev–Trinajstić information content (AvgIpc) is 2.56. The summed E-state index contributed by atoms with van der Waals surface area (Å²) in [5.74, 6) is -0.750. The number of hydrogen-bond donors (Lipinski definition) is 1. The predicted molar refractivity (Wildman–Crippen MR) is 89.5 cm³/mol. The van der Waals surface area contributed by atoms with Crippen LogP contribution in [0.15, 0.2) is 60.7 Å². The molecule has 1 N–H and O–H groups in total. The lowest BCUT2D eigenvalue weighted by atomic mass is 10.2. The minimum atomic E-state index is -3.72. The third kappa shape index (κ3) is 5.48. The summed E-state index contributed by atoms with van der Waals surface area (Å²) in [7, 11) is 0. The van der Waals surface area contributed by atoms with Crippen LogP contribution >= 0.6 is 18.0 Å². The van der Waals surface area contributed by atoms with Crippen molar-refractivity contribution in [3.8, 4) is 0 Å². The van der Waals surface area contributed by atoms with E-state index in [0.717, 1.165) is 5.56 Å². The number of halogens is 1. The van der Waals surface area contributed by atoms with Crippen LogP contribution in [0.5, 0.6) is 0 Å². The second-order valence-electron chi connectivity index (χ2n) is 4.84. The molecule has 2 aromatic carbocycles. The van der Waals surface area contributed by atoms with Crippen molar-refractivity contribution >= 4 is 29.2 Å². The summed E-state index contributed by atoms with van der Waals surface area (Å²) in [5.41, 5.74) is 3.50. The number of nitrogens with one attached hydrogen (secondary N) is 1. The van der Waals surface area contributed by atoms with Gasteiger partial charge in [0.15, 0.2) is 0 Å². The number of hydrogen-bond acceptors (Lipinski definition) is 5. The van der Waals surface area contributed by atoms with Gasteiger partial charge in [-0.2, -0.15) is 5.48 Å². The molecule has 0 fully saturated rings. The van der Waals surface area contributed by atoms with E-state index in [1.54, 1.807) is 30.3 Å². The van der Waals surface area contributed by atoms with Crippen molar-refractivity contribution in [1.82, 2.24) is 5.48 Å². The number of carbonyl (C=O) groups excluding carboxylic acids is 1. The Morgan fingerprint density at radius 3 is 2.30 bits per heavy atom. The molecule has 2 aromatic rings. The van der Waals surface area contributed by atoms with Crippen molar-refractivity contribution in [2.24, 2.45) is 0 Å². The summed E-state index contributed by atoms with van der Waals surface area (Å²) in [5, 5.41) is 0.271. The molecule has 0 spiro atoms. The van der Waals surface area contributed by atoms with Crippen molar-refractivity contribution in [2.75, 3.05) is 0 Å². The first-order chi connectivity index (χ1) is 11.0. The molecule has 2 rings (SSSR count). The quantitative estimate of drug-likeness (QED) is 0.610. The van der Waals surface area contributed by atoms with Gasteiger partial charge in [-0.15, -0.1) is 0 Å². The molecule has 0 heterocycles. The molecule has 5 nitrogen and oxygen atoms in total. The molecule has 0 radical (unpaired) electrons. The summed E-state index contributed by atoms with van der Waals surface area (Å²) in [4.78, 5) is 17.2. The number of benzene rings is 2. The maximum Gasteiger partial charge on any atom is 0.368 e. The van der Waals surface area contributed by atoms with E-state index in [4.69, 9.17) is 20.6 Å². The Hall–Kier alpha value is -1.65. The Kier molecular flexibility index (Phi) is 6.37. The topological polar surface area (TPSA) is 64.6 Å². The highest BCUT2D eigenvalue weighted by Gasteiger charge is 2.29. The van der Waals surface area contributed by atoms with Crippen molar-refractivity contribution in [2.45, 2.75) is 19.6 Å². The van der Waals surface area contributed by atoms with E-state index in [-0.39, 0.29) is 11.9 Å². The summed E-state index contributed by atoms with van der Waals surface area (Å²) in [6, 6.07) is 16.8. The van der Waals surface area contributed by atoms with E-state index in [9.17, 15) is 9.36 Å². The van der Waals surface area contributed by atoms with E-state index < -0.39 is 18.7 Å². The van der Waals surface area contributed by atoms with Gasteiger partial charge in [0.05, 0.1) is 11.9 Å². The molecule has 7 heteroatoms. The van der Waals surface area contributed by atoms with Crippen LogP contribution in [0.4, 0.5) is 0 Å². The summed E-state index contributed by atoms with van der Waals surface area (Å²) >= 11 is 5.87. The Balaban J connectivity index is 1.84. The molecule has 1 unspecified atom stereocenters. The number of rotatable bonds is 7. The van der Waals surface area contributed by atoms with Crippen molar-refractivity contribution in [1.29, 1.82) is 0 Å². The number of hydroxylamine groups is 1. The molecule has 0 aliphatic heterocycles. The van der Waals surface area contributed by atoms with Gasteiger partial charge < -0.3 is 4.52 Å². The smallest absolute Gasteiger partial charge is 0.368 e. The van der Waals surface area contributed by atoms with Gasteiger partial charge in [0.1, 0.15) is 6.04 Å². The first kappa shape index (κ1) is 17.7. The summed E-state index contributed by atoms with van der Waals surface area (Å²) in [6.07, 6.45) is 0. The minimum absolute atomic E-state index is 0.271. The van der Waals surface area contributed by atoms with Gasteiger partial charge >= 0.3 is 12.7 Å². The van der Waals surface area contributed by atoms with Crippen LogP contribution in [0.2, 0.25) is 0 Å². The molecule has 0 amide bonds. The van der Waals surface area contributed by atoms with Gasteiger partial charge in [0.25, 0.3) is 0 Å². The zero-order chi connectivity index (χ0) is 16.7. The van der Waals surface area contributed by atoms with Crippen LogP contribution < -0.4 is 10.8 Å². The summed E-state index contributed by atoms with van der Waals surface area (Å²) < 4.78 is 17.2. The van der Waals surface area contributed by atoms with Gasteiger partial charge in [-0.1, -0.05) is 48.5 Å². The molecule has 0 aliphatic rings. The molecule has 0 aromatic heterocycles. The van der Waals surface area contributed by atoms with Crippen LogP contribution in [-0.4, -0.2) is 12.0 Å². The molecule has 23 heavy (non-hydrogen) atoms. The highest BCUT2D eigenvalue weighted by atomic mass is 35.7. The van der Waals surface area contributed by atoms with Crippen LogP contribution in [-0.2, 0) is 25.3 Å². The Morgan fingerprint density at radius 2 is 1.70 bits per heavy atom. The molecule has 0 saturated heterocycles.